The van der Waals surface area contributed by atoms with Crippen LogP contribution in [0.2, 0.25) is 0 Å². The molecule has 0 fully saturated rings. The first-order valence-corrected chi connectivity index (χ1v) is 9.96. The van der Waals surface area contributed by atoms with E-state index in [4.69, 9.17) is 0 Å². The van der Waals surface area contributed by atoms with E-state index in [-0.39, 0.29) is 11.6 Å². The summed E-state index contributed by atoms with van der Waals surface area (Å²) < 4.78 is 0. The molecule has 0 saturated heterocycles. The van der Waals surface area contributed by atoms with Crippen LogP contribution in [0, 0.1) is 10.1 Å². The van der Waals surface area contributed by atoms with E-state index in [0.29, 0.717) is 16.8 Å². The van der Waals surface area contributed by atoms with E-state index < -0.39 is 10.8 Å². The normalized spacial score (nSPS) is 10.6. The molecule has 0 spiro atoms. The fourth-order valence-corrected chi connectivity index (χ4v) is 3.54. The monoisotopic (exact) mass is 434 g/mol. The van der Waals surface area contributed by atoms with Gasteiger partial charge in [-0.2, -0.15) is 5.10 Å². The number of hydrazone groups is 1. The third-order valence-corrected chi connectivity index (χ3v) is 5.09. The Kier molecular flexibility index (Phi) is 7.13. The first-order chi connectivity index (χ1) is 14.9. The molecule has 0 saturated carbocycles. The number of nitro benzene ring substituents is 1. The van der Waals surface area contributed by atoms with Gasteiger partial charge < -0.3 is 5.32 Å². The van der Waals surface area contributed by atoms with E-state index in [9.17, 15) is 19.7 Å². The third kappa shape index (κ3) is 6.25. The minimum Gasteiger partial charge on any atom is -0.326 e. The van der Waals surface area contributed by atoms with Crippen molar-refractivity contribution in [2.24, 2.45) is 5.10 Å². The number of carbonyl (C=O) groups is 2. The van der Waals surface area contributed by atoms with Crippen molar-refractivity contribution in [3.05, 3.63) is 94.0 Å². The summed E-state index contributed by atoms with van der Waals surface area (Å²) in [6, 6.07) is 20.4. The lowest BCUT2D eigenvalue weighted by Crippen LogP contribution is -2.18. The van der Waals surface area contributed by atoms with Gasteiger partial charge in [-0.15, -0.1) is 0 Å². The molecule has 0 aliphatic rings. The minimum absolute atomic E-state index is 0.0757. The summed E-state index contributed by atoms with van der Waals surface area (Å²) >= 11 is 1.43. The van der Waals surface area contributed by atoms with Crippen molar-refractivity contribution in [2.45, 2.75) is 16.7 Å². The van der Waals surface area contributed by atoms with Gasteiger partial charge in [0.15, 0.2) is 0 Å². The molecule has 0 aromatic heterocycles. The second kappa shape index (κ2) is 10.2. The summed E-state index contributed by atoms with van der Waals surface area (Å²) in [5, 5.41) is 17.7. The Morgan fingerprint density at radius 2 is 1.81 bits per heavy atom. The average molecular weight is 434 g/mol. The summed E-state index contributed by atoms with van der Waals surface area (Å²) in [6.45, 7) is 1.38. The number of carbonyl (C=O) groups excluding carboxylic acids is 2. The Hall–Kier alpha value is -3.98. The van der Waals surface area contributed by atoms with E-state index in [1.807, 2.05) is 30.3 Å². The number of amides is 2. The molecule has 0 bridgehead atoms. The largest absolute Gasteiger partial charge is 0.326 e. The Balaban J connectivity index is 1.78. The molecule has 0 heterocycles. The number of hydrogen-bond acceptors (Lipinski definition) is 6. The molecule has 0 unspecified atom stereocenters. The van der Waals surface area contributed by atoms with Crippen molar-refractivity contribution in [2.75, 3.05) is 5.32 Å². The number of nitrogens with zero attached hydrogens (tertiary/aromatic N) is 2. The summed E-state index contributed by atoms with van der Waals surface area (Å²) in [6.07, 6.45) is 1.37. The molecule has 8 nitrogen and oxygen atoms in total. The van der Waals surface area contributed by atoms with Gasteiger partial charge in [-0.25, -0.2) is 5.43 Å². The van der Waals surface area contributed by atoms with Crippen molar-refractivity contribution >= 4 is 41.2 Å². The highest BCUT2D eigenvalue weighted by Crippen LogP contribution is 2.31. The highest BCUT2D eigenvalue weighted by atomic mass is 32.2. The molecule has 2 amide bonds. The minimum atomic E-state index is -0.486. The number of nitro groups is 1. The molecule has 0 aliphatic heterocycles. The zero-order chi connectivity index (χ0) is 22.2. The van der Waals surface area contributed by atoms with Crippen LogP contribution in [0.4, 0.5) is 11.4 Å². The number of anilines is 1. The van der Waals surface area contributed by atoms with Crippen molar-refractivity contribution in [1.29, 1.82) is 0 Å². The molecular weight excluding hydrogens is 416 g/mol. The second-order valence-corrected chi connectivity index (χ2v) is 7.47. The van der Waals surface area contributed by atoms with Crippen LogP contribution in [0.15, 0.2) is 87.7 Å². The van der Waals surface area contributed by atoms with Crippen molar-refractivity contribution in [3.8, 4) is 0 Å². The number of rotatable bonds is 7. The van der Waals surface area contributed by atoms with Crippen LogP contribution in [0.5, 0.6) is 0 Å². The average Bonchev–Trinajstić information content (AvgIpc) is 2.75. The Bertz CT molecular complexity index is 1150. The summed E-state index contributed by atoms with van der Waals surface area (Å²) in [4.78, 5) is 35.9. The Morgan fingerprint density at radius 3 is 2.52 bits per heavy atom. The SMILES string of the molecule is CC(=O)Nc1cccc(C(=O)NN=Cc2cc([N+](=O)[O-])ccc2Sc2ccccc2)c1. The fourth-order valence-electron chi connectivity index (χ4n) is 2.63. The molecule has 3 aromatic carbocycles. The standard InChI is InChI=1S/C22H18N4O4S/c1-15(27)24-18-7-5-6-16(12-18)22(28)25-23-14-17-13-19(26(29)30)10-11-21(17)31-20-8-3-2-4-9-20/h2-14H,1H3,(H,24,27)(H,25,28). The van der Waals surface area contributed by atoms with Gasteiger partial charge in [-0.05, 0) is 36.4 Å². The van der Waals surface area contributed by atoms with Gasteiger partial charge in [0.1, 0.15) is 0 Å². The molecule has 0 aliphatic carbocycles. The van der Waals surface area contributed by atoms with Crippen LogP contribution in [0.1, 0.15) is 22.8 Å². The Labute approximate surface area is 182 Å². The van der Waals surface area contributed by atoms with E-state index in [0.717, 1.165) is 9.79 Å². The van der Waals surface area contributed by atoms with Crippen LogP contribution in [0.25, 0.3) is 0 Å². The van der Waals surface area contributed by atoms with Crippen molar-refractivity contribution in [1.82, 2.24) is 5.43 Å². The van der Waals surface area contributed by atoms with Crippen LogP contribution in [-0.4, -0.2) is 23.0 Å². The van der Waals surface area contributed by atoms with Gasteiger partial charge >= 0.3 is 0 Å². The van der Waals surface area contributed by atoms with Crippen molar-refractivity contribution in [3.63, 3.8) is 0 Å². The van der Waals surface area contributed by atoms with Gasteiger partial charge in [-0.1, -0.05) is 36.0 Å². The van der Waals surface area contributed by atoms with Gasteiger partial charge in [0.2, 0.25) is 5.91 Å². The van der Waals surface area contributed by atoms with E-state index >= 15 is 0 Å². The molecule has 156 valence electrons. The first-order valence-electron chi connectivity index (χ1n) is 9.15. The first kappa shape index (κ1) is 21.7. The zero-order valence-corrected chi connectivity index (χ0v) is 17.3. The number of nitrogens with one attached hydrogen (secondary N) is 2. The fraction of sp³-hybridized carbons (Fsp3) is 0.0455. The smallest absolute Gasteiger partial charge is 0.271 e. The molecule has 0 radical (unpaired) electrons. The quantitative estimate of drug-likeness (QED) is 0.324. The highest BCUT2D eigenvalue weighted by molar-refractivity contribution is 7.99. The maximum atomic E-state index is 12.4. The zero-order valence-electron chi connectivity index (χ0n) is 16.4. The van der Waals surface area contributed by atoms with Crippen LogP contribution >= 0.6 is 11.8 Å². The lowest BCUT2D eigenvalue weighted by atomic mass is 10.2. The predicted octanol–water partition coefficient (Wildman–Crippen LogP) is 4.47. The third-order valence-electron chi connectivity index (χ3n) is 3.99. The second-order valence-electron chi connectivity index (χ2n) is 6.36. The summed E-state index contributed by atoms with van der Waals surface area (Å²) in [5.74, 6) is -0.726. The van der Waals surface area contributed by atoms with Crippen LogP contribution in [-0.2, 0) is 4.79 Å². The predicted molar refractivity (Wildman–Crippen MR) is 119 cm³/mol. The van der Waals surface area contributed by atoms with E-state index in [1.165, 1.54) is 43.1 Å². The topological polar surface area (TPSA) is 114 Å². The molecule has 31 heavy (non-hydrogen) atoms. The van der Waals surface area contributed by atoms with Gasteiger partial charge in [0.05, 0.1) is 11.1 Å². The number of non-ortho nitro benzene ring substituents is 1. The van der Waals surface area contributed by atoms with E-state index in [1.54, 1.807) is 24.3 Å². The van der Waals surface area contributed by atoms with Crippen LogP contribution < -0.4 is 10.7 Å². The van der Waals surface area contributed by atoms with Gasteiger partial charge in [-0.3, -0.25) is 19.7 Å². The maximum absolute atomic E-state index is 12.4. The summed E-state index contributed by atoms with van der Waals surface area (Å²) in [7, 11) is 0. The molecule has 3 rings (SSSR count). The maximum Gasteiger partial charge on any atom is 0.271 e. The van der Waals surface area contributed by atoms with Crippen molar-refractivity contribution < 1.29 is 14.5 Å². The van der Waals surface area contributed by atoms with Gasteiger partial charge in [0, 0.05) is 45.7 Å². The lowest BCUT2D eigenvalue weighted by Gasteiger charge is -2.06. The number of hydrogen-bond donors (Lipinski definition) is 2. The number of benzene rings is 3. The Morgan fingerprint density at radius 1 is 1.03 bits per heavy atom. The van der Waals surface area contributed by atoms with Gasteiger partial charge in [0.25, 0.3) is 11.6 Å². The lowest BCUT2D eigenvalue weighted by molar-refractivity contribution is -0.384. The van der Waals surface area contributed by atoms with Crippen LogP contribution in [0.3, 0.4) is 0 Å². The molecular formula is C22H18N4O4S. The van der Waals surface area contributed by atoms with E-state index in [2.05, 4.69) is 15.8 Å². The molecule has 0 atom stereocenters. The molecule has 9 heteroatoms. The highest BCUT2D eigenvalue weighted by Gasteiger charge is 2.11. The molecule has 2 N–H and O–H groups in total. The summed E-state index contributed by atoms with van der Waals surface area (Å²) in [5.41, 5.74) is 3.62. The molecule has 3 aromatic rings.